The van der Waals surface area contributed by atoms with Gasteiger partial charge in [-0.15, -0.1) is 0 Å². The Morgan fingerprint density at radius 3 is 3.00 bits per heavy atom. The van der Waals surface area contributed by atoms with E-state index in [1.165, 1.54) is 0 Å². The lowest BCUT2D eigenvalue weighted by Gasteiger charge is -2.35. The first-order valence-electron chi connectivity index (χ1n) is 6.33. The van der Waals surface area contributed by atoms with Gasteiger partial charge in [-0.25, -0.2) is 0 Å². The number of carbonyl (C=O) groups excluding carboxylic acids is 1. The molecular formula is C14H20N2O2. The van der Waals surface area contributed by atoms with Gasteiger partial charge in [-0.2, -0.15) is 0 Å². The van der Waals surface area contributed by atoms with E-state index < -0.39 is 0 Å². The van der Waals surface area contributed by atoms with Crippen LogP contribution in [0.2, 0.25) is 0 Å². The maximum atomic E-state index is 12.4. The summed E-state index contributed by atoms with van der Waals surface area (Å²) >= 11 is 0. The number of nitrogen functional groups attached to an aromatic ring is 1. The summed E-state index contributed by atoms with van der Waals surface area (Å²) in [4.78, 5) is 14.3. The molecule has 1 aromatic carbocycles. The third-order valence-corrected chi connectivity index (χ3v) is 3.43. The lowest BCUT2D eigenvalue weighted by Crippen LogP contribution is -2.48. The van der Waals surface area contributed by atoms with E-state index >= 15 is 0 Å². The van der Waals surface area contributed by atoms with E-state index in [9.17, 15) is 4.79 Å². The van der Waals surface area contributed by atoms with Gasteiger partial charge in [-0.3, -0.25) is 4.79 Å². The fourth-order valence-corrected chi connectivity index (χ4v) is 2.27. The third-order valence-electron chi connectivity index (χ3n) is 3.43. The summed E-state index contributed by atoms with van der Waals surface area (Å²) in [5, 5.41) is 0. The lowest BCUT2D eigenvalue weighted by molar-refractivity contribution is -0.140. The van der Waals surface area contributed by atoms with Gasteiger partial charge in [0.25, 0.3) is 0 Å². The van der Waals surface area contributed by atoms with Crippen LogP contribution in [0.5, 0.6) is 0 Å². The lowest BCUT2D eigenvalue weighted by atomic mass is 9.98. The Labute approximate surface area is 108 Å². The normalized spacial score (nSPS) is 21.7. The number of anilines is 1. The number of nitrogens with two attached hydrogens (primary N) is 1. The van der Waals surface area contributed by atoms with Crippen LogP contribution in [-0.4, -0.2) is 36.6 Å². The molecule has 1 amide bonds. The van der Waals surface area contributed by atoms with Crippen molar-refractivity contribution in [2.45, 2.75) is 25.8 Å². The van der Waals surface area contributed by atoms with E-state index in [4.69, 9.17) is 10.5 Å². The Bertz CT molecular complexity index is 434. The minimum atomic E-state index is -0.158. The van der Waals surface area contributed by atoms with Crippen molar-refractivity contribution in [2.24, 2.45) is 0 Å². The van der Waals surface area contributed by atoms with Crippen molar-refractivity contribution < 1.29 is 9.53 Å². The monoisotopic (exact) mass is 248 g/mol. The predicted molar refractivity (Wildman–Crippen MR) is 71.3 cm³/mol. The topological polar surface area (TPSA) is 55.6 Å². The number of rotatable bonds is 2. The highest BCUT2D eigenvalue weighted by Crippen LogP contribution is 2.22. The zero-order chi connectivity index (χ0) is 13.1. The van der Waals surface area contributed by atoms with Crippen molar-refractivity contribution in [1.29, 1.82) is 0 Å². The Morgan fingerprint density at radius 2 is 2.33 bits per heavy atom. The van der Waals surface area contributed by atoms with E-state index in [0.717, 1.165) is 5.56 Å². The number of benzene rings is 1. The molecule has 1 aliphatic rings. The van der Waals surface area contributed by atoms with E-state index in [-0.39, 0.29) is 17.9 Å². The van der Waals surface area contributed by atoms with Gasteiger partial charge in [0.1, 0.15) is 0 Å². The molecule has 0 saturated carbocycles. The quantitative estimate of drug-likeness (QED) is 0.809. The average Bonchev–Trinajstić information content (AvgIpc) is 2.37. The number of carbonyl (C=O) groups is 1. The van der Waals surface area contributed by atoms with Gasteiger partial charge in [0, 0.05) is 12.2 Å². The summed E-state index contributed by atoms with van der Waals surface area (Å²) in [6.45, 7) is 5.87. The molecular weight excluding hydrogens is 228 g/mol. The Balaban J connectivity index is 2.13. The zero-order valence-electron chi connectivity index (χ0n) is 10.9. The first kappa shape index (κ1) is 12.9. The molecule has 0 aromatic heterocycles. The first-order chi connectivity index (χ1) is 8.59. The second-order valence-corrected chi connectivity index (χ2v) is 4.85. The van der Waals surface area contributed by atoms with E-state index in [2.05, 4.69) is 0 Å². The third kappa shape index (κ3) is 2.64. The molecule has 1 heterocycles. The molecule has 0 bridgehead atoms. The summed E-state index contributed by atoms with van der Waals surface area (Å²) < 4.78 is 5.35. The molecule has 1 aliphatic heterocycles. The van der Waals surface area contributed by atoms with Crippen molar-refractivity contribution in [3.63, 3.8) is 0 Å². The smallest absolute Gasteiger partial charge is 0.230 e. The number of ether oxygens (including phenoxy) is 1. The highest BCUT2D eigenvalue weighted by molar-refractivity contribution is 5.84. The van der Waals surface area contributed by atoms with Crippen LogP contribution in [-0.2, 0) is 9.53 Å². The maximum absolute atomic E-state index is 12.4. The van der Waals surface area contributed by atoms with Crippen LogP contribution < -0.4 is 5.73 Å². The standard InChI is InChI=1S/C14H20N2O2/c1-10-9-18-7-6-16(10)14(17)11(2)12-4-3-5-13(15)8-12/h3-5,8,10-11H,6-7,9,15H2,1-2H3. The number of morpholine rings is 1. The number of hydrogen-bond donors (Lipinski definition) is 1. The highest BCUT2D eigenvalue weighted by atomic mass is 16.5. The number of amides is 1. The minimum Gasteiger partial charge on any atom is -0.399 e. The predicted octanol–water partition coefficient (Wildman–Crippen LogP) is 1.62. The molecule has 0 spiro atoms. The van der Waals surface area contributed by atoms with Crippen LogP contribution in [0.25, 0.3) is 0 Å². The number of nitrogens with zero attached hydrogens (tertiary/aromatic N) is 1. The van der Waals surface area contributed by atoms with Crippen molar-refractivity contribution in [3.8, 4) is 0 Å². The molecule has 2 unspecified atom stereocenters. The molecule has 18 heavy (non-hydrogen) atoms. The van der Waals surface area contributed by atoms with E-state index in [1.807, 2.05) is 43.0 Å². The first-order valence-corrected chi connectivity index (χ1v) is 6.33. The van der Waals surface area contributed by atoms with Gasteiger partial charge in [-0.1, -0.05) is 12.1 Å². The van der Waals surface area contributed by atoms with Crippen molar-refractivity contribution in [3.05, 3.63) is 29.8 Å². The maximum Gasteiger partial charge on any atom is 0.230 e. The fraction of sp³-hybridized carbons (Fsp3) is 0.500. The van der Waals surface area contributed by atoms with Gasteiger partial charge in [-0.05, 0) is 31.5 Å². The molecule has 0 aliphatic carbocycles. The molecule has 2 N–H and O–H groups in total. The second-order valence-electron chi connectivity index (χ2n) is 4.85. The fourth-order valence-electron chi connectivity index (χ4n) is 2.27. The van der Waals surface area contributed by atoms with Crippen LogP contribution in [0.3, 0.4) is 0 Å². The Hall–Kier alpha value is -1.55. The number of hydrogen-bond acceptors (Lipinski definition) is 3. The molecule has 1 fully saturated rings. The van der Waals surface area contributed by atoms with Crippen LogP contribution in [0, 0.1) is 0 Å². The van der Waals surface area contributed by atoms with Crippen LogP contribution in [0.1, 0.15) is 25.3 Å². The largest absolute Gasteiger partial charge is 0.399 e. The zero-order valence-corrected chi connectivity index (χ0v) is 10.9. The van der Waals surface area contributed by atoms with Crippen molar-refractivity contribution in [2.75, 3.05) is 25.5 Å². The second kappa shape index (κ2) is 5.40. The summed E-state index contributed by atoms with van der Waals surface area (Å²) in [7, 11) is 0. The summed E-state index contributed by atoms with van der Waals surface area (Å²) in [6, 6.07) is 7.68. The molecule has 2 atom stereocenters. The van der Waals surface area contributed by atoms with Gasteiger partial charge < -0.3 is 15.4 Å². The summed E-state index contributed by atoms with van der Waals surface area (Å²) in [5.74, 6) is -0.00884. The molecule has 4 heteroatoms. The van der Waals surface area contributed by atoms with Gasteiger partial charge in [0.2, 0.25) is 5.91 Å². The van der Waals surface area contributed by atoms with Crippen LogP contribution in [0.4, 0.5) is 5.69 Å². The minimum absolute atomic E-state index is 0.148. The van der Waals surface area contributed by atoms with Gasteiger partial charge >= 0.3 is 0 Å². The molecule has 2 rings (SSSR count). The van der Waals surface area contributed by atoms with E-state index in [0.29, 0.717) is 25.4 Å². The molecule has 4 nitrogen and oxygen atoms in total. The highest BCUT2D eigenvalue weighted by Gasteiger charge is 2.28. The van der Waals surface area contributed by atoms with Crippen LogP contribution >= 0.6 is 0 Å². The van der Waals surface area contributed by atoms with Gasteiger partial charge in [0.15, 0.2) is 0 Å². The van der Waals surface area contributed by atoms with Crippen LogP contribution in [0.15, 0.2) is 24.3 Å². The average molecular weight is 248 g/mol. The SMILES string of the molecule is CC(C(=O)N1CCOCC1C)c1cccc(N)c1. The molecule has 1 aromatic rings. The Kier molecular flexibility index (Phi) is 3.87. The van der Waals surface area contributed by atoms with Crippen molar-refractivity contribution >= 4 is 11.6 Å². The van der Waals surface area contributed by atoms with Gasteiger partial charge in [0.05, 0.1) is 25.2 Å². The van der Waals surface area contributed by atoms with E-state index in [1.54, 1.807) is 0 Å². The molecule has 1 saturated heterocycles. The molecule has 0 radical (unpaired) electrons. The summed E-state index contributed by atoms with van der Waals surface area (Å²) in [6.07, 6.45) is 0. The summed E-state index contributed by atoms with van der Waals surface area (Å²) in [5.41, 5.74) is 7.42. The molecule has 98 valence electrons. The van der Waals surface area contributed by atoms with Crippen molar-refractivity contribution in [1.82, 2.24) is 4.90 Å². The Morgan fingerprint density at radius 1 is 1.56 bits per heavy atom.